The lowest BCUT2D eigenvalue weighted by Crippen LogP contribution is -2.10. The number of ether oxygens (including phenoxy) is 1. The van der Waals surface area contributed by atoms with Crippen molar-refractivity contribution in [2.45, 2.75) is 20.4 Å². The Morgan fingerprint density at radius 1 is 1.25 bits per heavy atom. The second kappa shape index (κ2) is 7.45. The Bertz CT molecular complexity index is 774. The lowest BCUT2D eigenvalue weighted by molar-refractivity contribution is -0.385. The lowest BCUT2D eigenvalue weighted by atomic mass is 10.1. The average Bonchev–Trinajstić information content (AvgIpc) is 2.54. The number of nitrogens with zero attached hydrogens (tertiary/aromatic N) is 1. The summed E-state index contributed by atoms with van der Waals surface area (Å²) in [5.74, 6) is 0.456. The molecule has 0 bridgehead atoms. The molecule has 0 spiro atoms. The highest BCUT2D eigenvalue weighted by Gasteiger charge is 2.13. The fourth-order valence-corrected chi connectivity index (χ4v) is 2.34. The second-order valence-electron chi connectivity index (χ2n) is 5.26. The molecule has 2 aromatic rings. The summed E-state index contributed by atoms with van der Waals surface area (Å²) in [5, 5.41) is 17.0. The molecule has 24 heavy (non-hydrogen) atoms. The molecule has 0 radical (unpaired) electrons. The molecule has 0 unspecified atom stereocenters. The molecule has 0 atom stereocenters. The number of nitro groups is 1. The number of hydrogen-bond donors (Lipinski definition) is 2. The molecule has 7 nitrogen and oxygen atoms in total. The van der Waals surface area contributed by atoms with Crippen LogP contribution in [0.15, 0.2) is 36.4 Å². The monoisotopic (exact) mass is 329 g/mol. The fourth-order valence-electron chi connectivity index (χ4n) is 2.34. The van der Waals surface area contributed by atoms with E-state index in [0.29, 0.717) is 29.2 Å². The number of carbonyl (C=O) groups is 1. The standard InChI is InChI=1S/C17H19N3O4/c1-11-13(5-4-6-17(11)20(22)23)10-18-16-9-14(24-3)7-8-15(16)19-12(2)21/h4-9,18H,10H2,1-3H3,(H,19,21). The maximum atomic E-state index is 11.3. The number of hydrogen-bond acceptors (Lipinski definition) is 5. The van der Waals surface area contributed by atoms with Crippen LogP contribution in [0.5, 0.6) is 5.75 Å². The van der Waals surface area contributed by atoms with Crippen molar-refractivity contribution >= 4 is 23.0 Å². The molecule has 0 heterocycles. The summed E-state index contributed by atoms with van der Waals surface area (Å²) in [6.07, 6.45) is 0. The minimum Gasteiger partial charge on any atom is -0.497 e. The topological polar surface area (TPSA) is 93.5 Å². The Hall–Kier alpha value is -3.09. The summed E-state index contributed by atoms with van der Waals surface area (Å²) in [7, 11) is 1.56. The Balaban J connectivity index is 2.26. The first-order valence-electron chi connectivity index (χ1n) is 7.34. The van der Waals surface area contributed by atoms with Gasteiger partial charge >= 0.3 is 0 Å². The highest BCUT2D eigenvalue weighted by molar-refractivity contribution is 5.92. The third-order valence-electron chi connectivity index (χ3n) is 3.62. The Morgan fingerprint density at radius 3 is 2.62 bits per heavy atom. The van der Waals surface area contributed by atoms with E-state index < -0.39 is 4.92 Å². The summed E-state index contributed by atoms with van der Waals surface area (Å²) in [6, 6.07) is 10.2. The van der Waals surface area contributed by atoms with Gasteiger partial charge in [-0.2, -0.15) is 0 Å². The molecule has 0 aliphatic heterocycles. The van der Waals surface area contributed by atoms with Crippen molar-refractivity contribution < 1.29 is 14.5 Å². The van der Waals surface area contributed by atoms with Crippen molar-refractivity contribution in [3.05, 3.63) is 57.6 Å². The van der Waals surface area contributed by atoms with Gasteiger partial charge in [-0.3, -0.25) is 14.9 Å². The van der Waals surface area contributed by atoms with E-state index in [-0.39, 0.29) is 11.6 Å². The highest BCUT2D eigenvalue weighted by Crippen LogP contribution is 2.28. The molecule has 0 saturated carbocycles. The van der Waals surface area contributed by atoms with Crippen molar-refractivity contribution in [1.29, 1.82) is 0 Å². The summed E-state index contributed by atoms with van der Waals surface area (Å²) in [5.41, 5.74) is 2.80. The van der Waals surface area contributed by atoms with E-state index in [0.717, 1.165) is 5.56 Å². The van der Waals surface area contributed by atoms with E-state index in [1.54, 1.807) is 38.3 Å². The number of nitro benzene ring substituents is 1. The first kappa shape index (κ1) is 17.3. The predicted molar refractivity (Wildman–Crippen MR) is 92.5 cm³/mol. The molecule has 2 aromatic carbocycles. The molecule has 2 N–H and O–H groups in total. The smallest absolute Gasteiger partial charge is 0.272 e. The fraction of sp³-hybridized carbons (Fsp3) is 0.235. The summed E-state index contributed by atoms with van der Waals surface area (Å²) < 4.78 is 5.20. The first-order valence-corrected chi connectivity index (χ1v) is 7.34. The molecule has 1 amide bonds. The zero-order valence-electron chi connectivity index (χ0n) is 13.8. The Labute approximate surface area is 139 Å². The number of carbonyl (C=O) groups excluding carboxylic acids is 1. The Morgan fingerprint density at radius 2 is 2.00 bits per heavy atom. The maximum absolute atomic E-state index is 11.3. The molecule has 0 aromatic heterocycles. The minimum absolute atomic E-state index is 0.0852. The largest absolute Gasteiger partial charge is 0.497 e. The molecule has 7 heteroatoms. The molecule has 126 valence electrons. The van der Waals surface area contributed by atoms with E-state index in [1.807, 2.05) is 6.07 Å². The van der Waals surface area contributed by atoms with Crippen molar-refractivity contribution in [3.63, 3.8) is 0 Å². The molecular formula is C17H19N3O4. The van der Waals surface area contributed by atoms with Crippen LogP contribution < -0.4 is 15.4 Å². The quantitative estimate of drug-likeness (QED) is 0.625. The van der Waals surface area contributed by atoms with Crippen LogP contribution in [0.4, 0.5) is 17.1 Å². The molecule has 0 aliphatic carbocycles. The molecule has 0 saturated heterocycles. The number of anilines is 2. The van der Waals surface area contributed by atoms with Crippen molar-refractivity contribution in [1.82, 2.24) is 0 Å². The van der Waals surface area contributed by atoms with E-state index >= 15 is 0 Å². The number of methoxy groups -OCH3 is 1. The second-order valence-corrected chi connectivity index (χ2v) is 5.26. The SMILES string of the molecule is COc1ccc(NC(C)=O)c(NCc2cccc([N+](=O)[O-])c2C)c1. The molecule has 0 fully saturated rings. The molecular weight excluding hydrogens is 310 g/mol. The van der Waals surface area contributed by atoms with Crippen LogP contribution in [0.1, 0.15) is 18.1 Å². The molecule has 0 aliphatic rings. The van der Waals surface area contributed by atoms with Gasteiger partial charge in [0.15, 0.2) is 0 Å². The summed E-state index contributed by atoms with van der Waals surface area (Å²) in [4.78, 5) is 22.0. The van der Waals surface area contributed by atoms with Gasteiger partial charge in [0.25, 0.3) is 5.69 Å². The average molecular weight is 329 g/mol. The predicted octanol–water partition coefficient (Wildman–Crippen LogP) is 3.48. The zero-order chi connectivity index (χ0) is 17.7. The first-order chi connectivity index (χ1) is 11.4. The number of benzene rings is 2. The highest BCUT2D eigenvalue weighted by atomic mass is 16.6. The number of amides is 1. The van der Waals surface area contributed by atoms with E-state index in [4.69, 9.17) is 4.74 Å². The van der Waals surface area contributed by atoms with Gasteiger partial charge in [-0.25, -0.2) is 0 Å². The van der Waals surface area contributed by atoms with Crippen LogP contribution in [-0.2, 0) is 11.3 Å². The molecule has 2 rings (SSSR count). The van der Waals surface area contributed by atoms with E-state index in [2.05, 4.69) is 10.6 Å². The van der Waals surface area contributed by atoms with Crippen LogP contribution in [0.25, 0.3) is 0 Å². The van der Waals surface area contributed by atoms with Crippen molar-refractivity contribution in [2.24, 2.45) is 0 Å². The van der Waals surface area contributed by atoms with Gasteiger partial charge in [0.2, 0.25) is 5.91 Å². The lowest BCUT2D eigenvalue weighted by Gasteiger charge is -2.15. The third kappa shape index (κ3) is 4.01. The van der Waals surface area contributed by atoms with Gasteiger partial charge in [0.1, 0.15) is 5.75 Å². The number of rotatable bonds is 6. The normalized spacial score (nSPS) is 10.1. The van der Waals surface area contributed by atoms with Gasteiger partial charge in [0, 0.05) is 31.2 Å². The minimum atomic E-state index is -0.396. The van der Waals surface area contributed by atoms with Crippen LogP contribution in [0.3, 0.4) is 0 Å². The van der Waals surface area contributed by atoms with Gasteiger partial charge in [-0.05, 0) is 24.6 Å². The van der Waals surface area contributed by atoms with Crippen molar-refractivity contribution in [2.75, 3.05) is 17.7 Å². The van der Waals surface area contributed by atoms with Gasteiger partial charge < -0.3 is 15.4 Å². The van der Waals surface area contributed by atoms with E-state index in [1.165, 1.54) is 13.0 Å². The van der Waals surface area contributed by atoms with Crippen LogP contribution >= 0.6 is 0 Å². The van der Waals surface area contributed by atoms with Crippen LogP contribution in [-0.4, -0.2) is 17.9 Å². The number of nitrogens with one attached hydrogen (secondary N) is 2. The van der Waals surface area contributed by atoms with Gasteiger partial charge in [0.05, 0.1) is 23.4 Å². The van der Waals surface area contributed by atoms with Crippen molar-refractivity contribution in [3.8, 4) is 5.75 Å². The third-order valence-corrected chi connectivity index (χ3v) is 3.62. The van der Waals surface area contributed by atoms with Crippen LogP contribution in [0, 0.1) is 17.0 Å². The maximum Gasteiger partial charge on any atom is 0.272 e. The van der Waals surface area contributed by atoms with Gasteiger partial charge in [-0.1, -0.05) is 12.1 Å². The van der Waals surface area contributed by atoms with E-state index in [9.17, 15) is 14.9 Å². The summed E-state index contributed by atoms with van der Waals surface area (Å²) in [6.45, 7) is 3.53. The summed E-state index contributed by atoms with van der Waals surface area (Å²) >= 11 is 0. The van der Waals surface area contributed by atoms with Gasteiger partial charge in [-0.15, -0.1) is 0 Å². The zero-order valence-corrected chi connectivity index (χ0v) is 13.8. The van der Waals surface area contributed by atoms with Crippen LogP contribution in [0.2, 0.25) is 0 Å². The Kier molecular flexibility index (Phi) is 5.36.